The molecule has 3 aliphatic rings. The molecule has 96 valence electrons. The van der Waals surface area contributed by atoms with Crippen molar-refractivity contribution in [2.75, 3.05) is 7.11 Å². The van der Waals surface area contributed by atoms with Gasteiger partial charge in [0.15, 0.2) is 0 Å². The van der Waals surface area contributed by atoms with Crippen molar-refractivity contribution in [1.82, 2.24) is 0 Å². The number of carbonyl (C=O) groups is 2. The Kier molecular flexibility index (Phi) is 5.52. The molecule has 0 aliphatic heterocycles. The van der Waals surface area contributed by atoms with Crippen molar-refractivity contribution in [1.29, 1.82) is 0 Å². The molecule has 3 aliphatic carbocycles. The Balaban J connectivity index is 0.000000280. The number of carbonyl (C=O) groups excluding carboxylic acids is 2. The fourth-order valence-electron chi connectivity index (χ4n) is 2.77. The van der Waals surface area contributed by atoms with Crippen LogP contribution >= 0.6 is 0 Å². The van der Waals surface area contributed by atoms with Gasteiger partial charge in [-0.1, -0.05) is 0 Å². The third-order valence-electron chi connectivity index (χ3n) is 3.74. The van der Waals surface area contributed by atoms with Crippen LogP contribution in [0.1, 0.15) is 38.5 Å². The molecule has 0 heterocycles. The number of methoxy groups -OCH3 is 1. The van der Waals surface area contributed by atoms with E-state index in [4.69, 9.17) is 9.53 Å². The van der Waals surface area contributed by atoms with E-state index < -0.39 is 0 Å². The topological polar surface area (TPSA) is 52.6 Å². The van der Waals surface area contributed by atoms with Crippen LogP contribution in [0.2, 0.25) is 0 Å². The first kappa shape index (κ1) is 13.7. The molecule has 0 aromatic rings. The molecule has 16 heavy (non-hydrogen) atoms. The van der Waals surface area contributed by atoms with Crippen LogP contribution < -0.4 is 0 Å². The zero-order valence-electron chi connectivity index (χ0n) is 9.33. The molecule has 3 saturated carbocycles. The molecule has 0 unspecified atom stereocenters. The maximum atomic E-state index is 11.5. The molecule has 0 spiro atoms. The quantitative estimate of drug-likeness (QED) is 0.442. The predicted octanol–water partition coefficient (Wildman–Crippen LogP) is 1.75. The third-order valence-corrected chi connectivity index (χ3v) is 3.88. The van der Waals surface area contributed by atoms with Crippen molar-refractivity contribution in [3.8, 4) is 0 Å². The molecular weight excluding hydrogens is 304 g/mol. The Morgan fingerprint density at radius 2 is 1.75 bits per heavy atom. The summed E-state index contributed by atoms with van der Waals surface area (Å²) in [4.78, 5) is 20.4. The molecule has 3 fully saturated rings. The Morgan fingerprint density at radius 1 is 1.31 bits per heavy atom. The molecule has 3 rings (SSSR count). The van der Waals surface area contributed by atoms with Crippen molar-refractivity contribution >= 4 is 12.4 Å². The molecular formula is C11H17AgO4. The SMILES string of the molecule is COC(=O)C12CCC(CC1)CC2.O=C[O][Ag]. The Morgan fingerprint density at radius 3 is 2.06 bits per heavy atom. The number of fused-ring (bicyclic) bond motifs is 3. The van der Waals surface area contributed by atoms with Crippen molar-refractivity contribution in [2.45, 2.75) is 38.5 Å². The van der Waals surface area contributed by atoms with Crippen LogP contribution in [-0.4, -0.2) is 19.6 Å². The second-order valence-electron chi connectivity index (χ2n) is 4.42. The van der Waals surface area contributed by atoms with Crippen LogP contribution in [0.5, 0.6) is 0 Å². The van der Waals surface area contributed by atoms with Crippen LogP contribution in [0.25, 0.3) is 0 Å². The van der Waals surface area contributed by atoms with E-state index in [1.165, 1.54) is 26.4 Å². The van der Waals surface area contributed by atoms with Gasteiger partial charge >= 0.3 is 41.9 Å². The van der Waals surface area contributed by atoms with Crippen LogP contribution in [0.15, 0.2) is 0 Å². The second kappa shape index (κ2) is 6.42. The summed E-state index contributed by atoms with van der Waals surface area (Å²) >= 11 is 2.39. The van der Waals surface area contributed by atoms with Crippen LogP contribution in [0, 0.1) is 11.3 Å². The van der Waals surface area contributed by atoms with E-state index in [1.54, 1.807) is 0 Å². The molecule has 4 nitrogen and oxygen atoms in total. The Hall–Kier alpha value is -0.320. The average Bonchev–Trinajstić information content (AvgIpc) is 2.40. The number of ether oxygens (including phenoxy) is 1. The molecule has 0 radical (unpaired) electrons. The second-order valence-corrected chi connectivity index (χ2v) is 4.77. The molecule has 0 saturated heterocycles. The summed E-state index contributed by atoms with van der Waals surface area (Å²) in [6.07, 6.45) is 6.96. The number of esters is 1. The number of rotatable bonds is 2. The van der Waals surface area contributed by atoms with Gasteiger partial charge in [0.05, 0.1) is 12.5 Å². The normalized spacial score (nSPS) is 31.1. The third kappa shape index (κ3) is 3.09. The number of hydrogen-bond acceptors (Lipinski definition) is 4. The van der Waals surface area contributed by atoms with E-state index in [2.05, 4.69) is 24.7 Å². The molecule has 0 atom stereocenters. The zero-order chi connectivity index (χ0) is 12.0. The van der Waals surface area contributed by atoms with Gasteiger partial charge in [-0.25, -0.2) is 0 Å². The van der Waals surface area contributed by atoms with E-state index in [0.29, 0.717) is 6.47 Å². The fourth-order valence-corrected chi connectivity index (χ4v) is 2.77. The molecule has 2 bridgehead atoms. The predicted molar refractivity (Wildman–Crippen MR) is 52.8 cm³/mol. The van der Waals surface area contributed by atoms with Gasteiger partial charge in [-0.2, -0.15) is 0 Å². The molecule has 5 heteroatoms. The van der Waals surface area contributed by atoms with Crippen molar-refractivity contribution in [2.24, 2.45) is 11.3 Å². The molecule has 0 N–H and O–H groups in total. The Labute approximate surface area is 108 Å². The first-order valence-corrected chi connectivity index (χ1v) is 6.05. The van der Waals surface area contributed by atoms with Gasteiger partial charge in [0.25, 0.3) is 0 Å². The van der Waals surface area contributed by atoms with Crippen LogP contribution in [0.3, 0.4) is 0 Å². The van der Waals surface area contributed by atoms with Gasteiger partial charge < -0.3 is 4.74 Å². The van der Waals surface area contributed by atoms with Gasteiger partial charge in [0, 0.05) is 0 Å². The first-order chi connectivity index (χ1) is 7.68. The monoisotopic (exact) mass is 320 g/mol. The summed E-state index contributed by atoms with van der Waals surface area (Å²) in [7, 11) is 1.51. The van der Waals surface area contributed by atoms with E-state index in [9.17, 15) is 4.79 Å². The van der Waals surface area contributed by atoms with Crippen LogP contribution in [0.4, 0.5) is 0 Å². The number of hydrogen-bond donors (Lipinski definition) is 0. The van der Waals surface area contributed by atoms with Crippen LogP contribution in [-0.2, 0) is 39.0 Å². The minimum absolute atomic E-state index is 0.0423. The van der Waals surface area contributed by atoms with Gasteiger partial charge in [0.2, 0.25) is 0 Å². The van der Waals surface area contributed by atoms with E-state index in [1.807, 2.05) is 0 Å². The van der Waals surface area contributed by atoms with Crippen molar-refractivity contribution in [3.05, 3.63) is 0 Å². The first-order valence-electron chi connectivity index (χ1n) is 5.45. The van der Waals surface area contributed by atoms with E-state index in [0.717, 1.165) is 25.2 Å². The van der Waals surface area contributed by atoms with E-state index >= 15 is 0 Å². The summed E-state index contributed by atoms with van der Waals surface area (Å²) in [5.41, 5.74) is -0.0660. The fraction of sp³-hybridized carbons (Fsp3) is 0.818. The standard InChI is InChI=1S/C10H16O2.CH2O2.Ag/c1-12-9(11)10-5-2-8(3-6-10)4-7-10;2-1-3;/h8H,2-7H2,1H3;1H,(H,2,3);/q;;+1/p-1. The van der Waals surface area contributed by atoms with Gasteiger partial charge in [-0.3, -0.25) is 4.79 Å². The summed E-state index contributed by atoms with van der Waals surface area (Å²) in [6, 6.07) is 0. The molecule has 0 aromatic carbocycles. The van der Waals surface area contributed by atoms with Crippen molar-refractivity contribution < 1.29 is 39.0 Å². The summed E-state index contributed by atoms with van der Waals surface area (Å²) in [5, 5.41) is 0. The Bertz CT molecular complexity index is 233. The summed E-state index contributed by atoms with van der Waals surface area (Å²) < 4.78 is 8.54. The maximum absolute atomic E-state index is 11.5. The van der Waals surface area contributed by atoms with Gasteiger partial charge in [0.1, 0.15) is 0 Å². The zero-order valence-corrected chi connectivity index (χ0v) is 10.8. The minimum atomic E-state index is -0.0660. The van der Waals surface area contributed by atoms with Gasteiger partial charge in [-0.15, -0.1) is 0 Å². The summed E-state index contributed by atoms with van der Waals surface area (Å²) in [5.74, 6) is 0.956. The summed E-state index contributed by atoms with van der Waals surface area (Å²) in [6.45, 7) is 0.291. The van der Waals surface area contributed by atoms with E-state index in [-0.39, 0.29) is 11.4 Å². The van der Waals surface area contributed by atoms with Crippen molar-refractivity contribution in [3.63, 3.8) is 0 Å². The average molecular weight is 321 g/mol. The van der Waals surface area contributed by atoms with Gasteiger partial charge in [-0.05, 0) is 44.4 Å². The molecule has 0 amide bonds. The molecule has 0 aromatic heterocycles.